The zero-order valence-corrected chi connectivity index (χ0v) is 8.47. The van der Waals surface area contributed by atoms with Crippen molar-refractivity contribution in [3.05, 3.63) is 18.1 Å². The second-order valence-electron chi connectivity index (χ2n) is 4.01. The van der Waals surface area contributed by atoms with E-state index in [9.17, 15) is 4.79 Å². The van der Waals surface area contributed by atoms with E-state index in [1.54, 1.807) is 6.20 Å². The van der Waals surface area contributed by atoms with E-state index in [1.807, 2.05) is 0 Å². The van der Waals surface area contributed by atoms with Crippen LogP contribution < -0.4 is 5.32 Å². The van der Waals surface area contributed by atoms with Gasteiger partial charge in [0.2, 0.25) is 0 Å². The molecule has 1 aliphatic rings. The molecule has 1 aromatic heterocycles. The summed E-state index contributed by atoms with van der Waals surface area (Å²) in [6.07, 6.45) is 5.02. The van der Waals surface area contributed by atoms with Crippen LogP contribution in [0.2, 0.25) is 0 Å². The monoisotopic (exact) mass is 207 g/mol. The molecule has 80 valence electrons. The van der Waals surface area contributed by atoms with Crippen LogP contribution in [0.3, 0.4) is 0 Å². The van der Waals surface area contributed by atoms with Gasteiger partial charge in [0, 0.05) is 6.04 Å². The Morgan fingerprint density at radius 1 is 1.53 bits per heavy atom. The Labute approximate surface area is 87.6 Å². The molecule has 0 atom stereocenters. The highest BCUT2D eigenvalue weighted by atomic mass is 16.4. The third kappa shape index (κ3) is 2.23. The largest absolute Gasteiger partial charge is 0.476 e. The number of hydrogen-bond donors (Lipinski definition) is 2. The fourth-order valence-corrected chi connectivity index (χ4v) is 1.77. The van der Waals surface area contributed by atoms with Crippen molar-refractivity contribution in [2.24, 2.45) is 5.92 Å². The number of carbonyl (C=O) groups is 1. The van der Waals surface area contributed by atoms with Gasteiger partial charge in [-0.25, -0.2) is 9.78 Å². The number of aromatic carboxylic acids is 1. The second kappa shape index (κ2) is 3.84. The molecule has 1 aliphatic carbocycles. The third-order valence-electron chi connectivity index (χ3n) is 2.58. The minimum Gasteiger partial charge on any atom is -0.476 e. The summed E-state index contributed by atoms with van der Waals surface area (Å²) in [5, 5.41) is 11.9. The lowest BCUT2D eigenvalue weighted by Crippen LogP contribution is -2.34. The number of hydrogen-bond acceptors (Lipinski definition) is 4. The molecule has 2 N–H and O–H groups in total. The summed E-state index contributed by atoms with van der Waals surface area (Å²) in [7, 11) is 0. The van der Waals surface area contributed by atoms with E-state index in [1.165, 1.54) is 6.20 Å². The van der Waals surface area contributed by atoms with E-state index in [0.29, 0.717) is 11.9 Å². The highest BCUT2D eigenvalue weighted by Crippen LogP contribution is 2.28. The van der Waals surface area contributed by atoms with Crippen molar-refractivity contribution in [3.8, 4) is 0 Å². The van der Waals surface area contributed by atoms with Gasteiger partial charge in [-0.3, -0.25) is 4.98 Å². The topological polar surface area (TPSA) is 75.1 Å². The van der Waals surface area contributed by atoms with Crippen molar-refractivity contribution < 1.29 is 9.90 Å². The molecule has 0 unspecified atom stereocenters. The molecule has 0 bridgehead atoms. The average Bonchev–Trinajstić information content (AvgIpc) is 2.16. The van der Waals surface area contributed by atoms with Crippen molar-refractivity contribution in [1.82, 2.24) is 9.97 Å². The number of carboxylic acids is 1. The molecular weight excluding hydrogens is 194 g/mol. The average molecular weight is 207 g/mol. The predicted molar refractivity (Wildman–Crippen MR) is 54.8 cm³/mol. The van der Waals surface area contributed by atoms with Crippen LogP contribution in [0.25, 0.3) is 0 Å². The van der Waals surface area contributed by atoms with Crippen LogP contribution in [-0.4, -0.2) is 27.1 Å². The molecule has 2 rings (SSSR count). The maximum absolute atomic E-state index is 10.6. The fourth-order valence-electron chi connectivity index (χ4n) is 1.77. The fraction of sp³-hybridized carbons (Fsp3) is 0.500. The van der Waals surface area contributed by atoms with Crippen LogP contribution in [-0.2, 0) is 0 Å². The van der Waals surface area contributed by atoms with Crippen LogP contribution in [0.1, 0.15) is 30.3 Å². The molecule has 0 saturated heterocycles. The summed E-state index contributed by atoms with van der Waals surface area (Å²) < 4.78 is 0. The van der Waals surface area contributed by atoms with E-state index < -0.39 is 5.97 Å². The quantitative estimate of drug-likeness (QED) is 0.783. The number of carboxylic acid groups (broad SMARTS) is 1. The highest BCUT2D eigenvalue weighted by Gasteiger charge is 2.25. The summed E-state index contributed by atoms with van der Waals surface area (Å²) in [4.78, 5) is 18.4. The van der Waals surface area contributed by atoms with Crippen molar-refractivity contribution in [3.63, 3.8) is 0 Å². The second-order valence-corrected chi connectivity index (χ2v) is 4.01. The van der Waals surface area contributed by atoms with Crippen LogP contribution in [0, 0.1) is 5.92 Å². The summed E-state index contributed by atoms with van der Waals surface area (Å²) >= 11 is 0. The van der Waals surface area contributed by atoms with E-state index in [0.717, 1.165) is 18.8 Å². The Hall–Kier alpha value is -1.65. The normalized spacial score (nSPS) is 24.3. The van der Waals surface area contributed by atoms with E-state index >= 15 is 0 Å². The van der Waals surface area contributed by atoms with Crippen molar-refractivity contribution in [2.75, 3.05) is 5.32 Å². The van der Waals surface area contributed by atoms with Gasteiger partial charge in [0.05, 0.1) is 12.4 Å². The Morgan fingerprint density at radius 2 is 2.27 bits per heavy atom. The highest BCUT2D eigenvalue weighted by molar-refractivity contribution is 5.85. The standard InChI is InChI=1S/C10H13N3O2/c1-6-2-7(3-6)12-9-5-11-4-8(13-9)10(14)15/h4-7H,2-3H2,1H3,(H,12,13)(H,14,15). The summed E-state index contributed by atoms with van der Waals surface area (Å²) in [6, 6.07) is 0.415. The van der Waals surface area contributed by atoms with Crippen LogP contribution in [0.4, 0.5) is 5.82 Å². The maximum atomic E-state index is 10.6. The molecule has 1 heterocycles. The molecule has 15 heavy (non-hydrogen) atoms. The van der Waals surface area contributed by atoms with Crippen molar-refractivity contribution in [2.45, 2.75) is 25.8 Å². The van der Waals surface area contributed by atoms with Gasteiger partial charge in [0.15, 0.2) is 5.69 Å². The van der Waals surface area contributed by atoms with Crippen LogP contribution in [0.5, 0.6) is 0 Å². The molecule has 1 fully saturated rings. The molecule has 1 aromatic rings. The van der Waals surface area contributed by atoms with Gasteiger partial charge in [-0.05, 0) is 18.8 Å². The Morgan fingerprint density at radius 3 is 2.87 bits per heavy atom. The lowest BCUT2D eigenvalue weighted by Gasteiger charge is -2.33. The van der Waals surface area contributed by atoms with Gasteiger partial charge < -0.3 is 10.4 Å². The molecule has 1 saturated carbocycles. The number of anilines is 1. The zero-order valence-electron chi connectivity index (χ0n) is 8.47. The number of nitrogens with zero attached hydrogens (tertiary/aromatic N) is 2. The Bertz CT molecular complexity index is 375. The predicted octanol–water partition coefficient (Wildman–Crippen LogP) is 1.39. The van der Waals surface area contributed by atoms with Gasteiger partial charge in [-0.2, -0.15) is 0 Å². The van der Waals surface area contributed by atoms with E-state index in [-0.39, 0.29) is 5.69 Å². The molecule has 0 amide bonds. The first-order valence-corrected chi connectivity index (χ1v) is 4.97. The lowest BCUT2D eigenvalue weighted by molar-refractivity contribution is 0.0690. The Kier molecular flexibility index (Phi) is 2.53. The SMILES string of the molecule is CC1CC(Nc2cncc(C(=O)O)n2)C1. The first kappa shape index (κ1) is 9.89. The van der Waals surface area contributed by atoms with Crippen LogP contribution >= 0.6 is 0 Å². The van der Waals surface area contributed by atoms with Crippen molar-refractivity contribution >= 4 is 11.8 Å². The van der Waals surface area contributed by atoms with Gasteiger partial charge in [0.1, 0.15) is 5.82 Å². The van der Waals surface area contributed by atoms with Crippen LogP contribution in [0.15, 0.2) is 12.4 Å². The lowest BCUT2D eigenvalue weighted by atomic mass is 9.82. The number of aromatic nitrogens is 2. The van der Waals surface area contributed by atoms with Gasteiger partial charge in [-0.15, -0.1) is 0 Å². The number of nitrogens with one attached hydrogen (secondary N) is 1. The molecule has 5 heteroatoms. The van der Waals surface area contributed by atoms with E-state index in [2.05, 4.69) is 22.2 Å². The molecule has 0 spiro atoms. The summed E-state index contributed by atoms with van der Waals surface area (Å²) in [5.41, 5.74) is -0.0210. The summed E-state index contributed by atoms with van der Waals surface area (Å²) in [5.74, 6) is 0.248. The molecule has 0 aromatic carbocycles. The number of rotatable bonds is 3. The first-order valence-electron chi connectivity index (χ1n) is 4.97. The van der Waals surface area contributed by atoms with E-state index in [4.69, 9.17) is 5.11 Å². The maximum Gasteiger partial charge on any atom is 0.356 e. The molecule has 0 radical (unpaired) electrons. The molecule has 5 nitrogen and oxygen atoms in total. The third-order valence-corrected chi connectivity index (χ3v) is 2.58. The molecular formula is C10H13N3O2. The first-order chi connectivity index (χ1) is 7.15. The summed E-state index contributed by atoms with van der Waals surface area (Å²) in [6.45, 7) is 2.19. The van der Waals surface area contributed by atoms with Gasteiger partial charge in [0.25, 0.3) is 0 Å². The van der Waals surface area contributed by atoms with Gasteiger partial charge >= 0.3 is 5.97 Å². The minimum absolute atomic E-state index is 0.0210. The van der Waals surface area contributed by atoms with Crippen molar-refractivity contribution in [1.29, 1.82) is 0 Å². The smallest absolute Gasteiger partial charge is 0.356 e. The van der Waals surface area contributed by atoms with Gasteiger partial charge in [-0.1, -0.05) is 6.92 Å². The Balaban J connectivity index is 2.02. The zero-order chi connectivity index (χ0) is 10.8. The molecule has 0 aliphatic heterocycles. The minimum atomic E-state index is -1.05.